The third kappa shape index (κ3) is 4.86. The van der Waals surface area contributed by atoms with Crippen LogP contribution in [0.4, 0.5) is 5.69 Å². The first kappa shape index (κ1) is 17.6. The van der Waals surface area contributed by atoms with Crippen LogP contribution in [0, 0.1) is 10.5 Å². The van der Waals surface area contributed by atoms with E-state index in [0.29, 0.717) is 6.54 Å². The number of carbonyl (C=O) groups is 1. The van der Waals surface area contributed by atoms with Crippen molar-refractivity contribution in [3.05, 3.63) is 57.2 Å². The lowest BCUT2D eigenvalue weighted by molar-refractivity contribution is 0.0954. The summed E-state index contributed by atoms with van der Waals surface area (Å²) in [6.07, 6.45) is 0. The van der Waals surface area contributed by atoms with Crippen LogP contribution >= 0.6 is 22.6 Å². The minimum atomic E-state index is -0.0301. The number of anilines is 1. The number of nitrogens with one attached hydrogen (secondary N) is 1. The van der Waals surface area contributed by atoms with Gasteiger partial charge in [0.25, 0.3) is 5.91 Å². The molecule has 2 aromatic rings. The molecule has 0 saturated heterocycles. The maximum Gasteiger partial charge on any atom is 0.252 e. The van der Waals surface area contributed by atoms with Gasteiger partial charge in [0.2, 0.25) is 0 Å². The lowest BCUT2D eigenvalue weighted by Gasteiger charge is -2.20. The molecular formula is C18H21IN2O2. The number of carbonyl (C=O) groups excluding carboxylic acids is 1. The molecule has 0 aliphatic heterocycles. The van der Waals surface area contributed by atoms with Crippen molar-refractivity contribution < 1.29 is 9.53 Å². The van der Waals surface area contributed by atoms with Gasteiger partial charge in [0.15, 0.2) is 0 Å². The summed E-state index contributed by atoms with van der Waals surface area (Å²) in [7, 11) is 3.66. The Balaban J connectivity index is 1.87. The zero-order chi connectivity index (χ0) is 16.8. The van der Waals surface area contributed by atoms with Crippen molar-refractivity contribution in [3.8, 4) is 5.75 Å². The fourth-order valence-electron chi connectivity index (χ4n) is 2.20. The van der Waals surface area contributed by atoms with Gasteiger partial charge in [-0.15, -0.1) is 0 Å². The summed E-state index contributed by atoms with van der Waals surface area (Å²) >= 11 is 2.20. The topological polar surface area (TPSA) is 41.6 Å². The number of amides is 1. The quantitative estimate of drug-likeness (QED) is 0.723. The molecule has 0 saturated carbocycles. The van der Waals surface area contributed by atoms with Crippen molar-refractivity contribution in [1.82, 2.24) is 5.32 Å². The number of benzene rings is 2. The maximum absolute atomic E-state index is 12.2. The second-order valence-electron chi connectivity index (χ2n) is 5.36. The van der Waals surface area contributed by atoms with Crippen molar-refractivity contribution in [2.24, 2.45) is 0 Å². The van der Waals surface area contributed by atoms with E-state index in [0.717, 1.165) is 32.7 Å². The van der Waals surface area contributed by atoms with Gasteiger partial charge in [-0.1, -0.05) is 11.6 Å². The van der Waals surface area contributed by atoms with Crippen LogP contribution in [0.2, 0.25) is 0 Å². The smallest absolute Gasteiger partial charge is 0.252 e. The Morgan fingerprint density at radius 3 is 2.52 bits per heavy atom. The van der Waals surface area contributed by atoms with Gasteiger partial charge in [-0.3, -0.25) is 4.79 Å². The van der Waals surface area contributed by atoms with Gasteiger partial charge >= 0.3 is 0 Å². The summed E-state index contributed by atoms with van der Waals surface area (Å²) in [6.45, 7) is 3.35. The van der Waals surface area contributed by atoms with Gasteiger partial charge in [0, 0.05) is 29.4 Å². The molecule has 0 spiro atoms. The van der Waals surface area contributed by atoms with Crippen molar-refractivity contribution >= 4 is 34.2 Å². The van der Waals surface area contributed by atoms with Crippen molar-refractivity contribution in [1.29, 1.82) is 0 Å². The molecule has 5 heteroatoms. The van der Waals surface area contributed by atoms with Crippen LogP contribution in [-0.2, 0) is 0 Å². The molecule has 1 amide bonds. The minimum Gasteiger partial charge on any atom is -0.497 e. The number of methoxy groups -OCH3 is 1. The van der Waals surface area contributed by atoms with E-state index >= 15 is 0 Å². The van der Waals surface area contributed by atoms with E-state index in [4.69, 9.17) is 4.74 Å². The Labute approximate surface area is 151 Å². The fourth-order valence-corrected chi connectivity index (χ4v) is 3.12. The molecule has 0 aromatic heterocycles. The van der Waals surface area contributed by atoms with Crippen LogP contribution in [-0.4, -0.2) is 33.2 Å². The predicted molar refractivity (Wildman–Crippen MR) is 102 cm³/mol. The SMILES string of the molecule is COc1ccc(N(C)CCNC(=O)c2ccc(C)cc2I)cc1. The van der Waals surface area contributed by atoms with Gasteiger partial charge in [-0.05, 0) is 65.9 Å². The number of nitrogens with zero attached hydrogens (tertiary/aromatic N) is 1. The zero-order valence-electron chi connectivity index (χ0n) is 13.6. The maximum atomic E-state index is 12.2. The molecule has 0 aliphatic rings. The average molecular weight is 424 g/mol. The number of ether oxygens (including phenoxy) is 1. The molecule has 0 bridgehead atoms. The van der Waals surface area contributed by atoms with E-state index < -0.39 is 0 Å². The molecule has 2 rings (SSSR count). The second kappa shape index (κ2) is 8.19. The highest BCUT2D eigenvalue weighted by atomic mass is 127. The Hall–Kier alpha value is -1.76. The first-order valence-electron chi connectivity index (χ1n) is 7.41. The lowest BCUT2D eigenvalue weighted by atomic mass is 10.1. The van der Waals surface area contributed by atoms with Gasteiger partial charge in [-0.2, -0.15) is 0 Å². The summed E-state index contributed by atoms with van der Waals surface area (Å²) in [4.78, 5) is 14.3. The van der Waals surface area contributed by atoms with Crippen LogP contribution in [0.25, 0.3) is 0 Å². The number of hydrogen-bond donors (Lipinski definition) is 1. The monoisotopic (exact) mass is 424 g/mol. The van der Waals surface area contributed by atoms with Crippen LogP contribution in [0.15, 0.2) is 42.5 Å². The summed E-state index contributed by atoms with van der Waals surface area (Å²) in [5.41, 5.74) is 2.97. The Bertz CT molecular complexity index is 671. The van der Waals surface area contributed by atoms with Gasteiger partial charge in [-0.25, -0.2) is 0 Å². The molecule has 0 heterocycles. The average Bonchev–Trinajstić information content (AvgIpc) is 2.54. The summed E-state index contributed by atoms with van der Waals surface area (Å²) < 4.78 is 6.13. The molecule has 0 unspecified atom stereocenters. The van der Waals surface area contributed by atoms with Gasteiger partial charge in [0.05, 0.1) is 12.7 Å². The molecule has 2 aromatic carbocycles. The third-order valence-corrected chi connectivity index (χ3v) is 4.51. The Morgan fingerprint density at radius 2 is 1.91 bits per heavy atom. The highest BCUT2D eigenvalue weighted by Gasteiger charge is 2.09. The molecule has 0 fully saturated rings. The summed E-state index contributed by atoms with van der Waals surface area (Å²) in [5, 5.41) is 2.97. The number of aryl methyl sites for hydroxylation is 1. The molecule has 0 aliphatic carbocycles. The van der Waals surface area contributed by atoms with E-state index in [-0.39, 0.29) is 5.91 Å². The fraction of sp³-hybridized carbons (Fsp3) is 0.278. The Morgan fingerprint density at radius 1 is 1.22 bits per heavy atom. The molecular weight excluding hydrogens is 403 g/mol. The van der Waals surface area contributed by atoms with Crippen molar-refractivity contribution in [2.45, 2.75) is 6.92 Å². The van der Waals surface area contributed by atoms with E-state index in [1.807, 2.05) is 56.4 Å². The van der Waals surface area contributed by atoms with E-state index in [9.17, 15) is 4.79 Å². The number of halogens is 1. The highest BCUT2D eigenvalue weighted by Crippen LogP contribution is 2.18. The third-order valence-electron chi connectivity index (χ3n) is 3.62. The largest absolute Gasteiger partial charge is 0.497 e. The normalized spacial score (nSPS) is 10.3. The second-order valence-corrected chi connectivity index (χ2v) is 6.52. The molecule has 0 atom stereocenters. The first-order valence-corrected chi connectivity index (χ1v) is 8.48. The lowest BCUT2D eigenvalue weighted by Crippen LogP contribution is -2.33. The summed E-state index contributed by atoms with van der Waals surface area (Å²) in [6, 6.07) is 13.7. The first-order chi connectivity index (χ1) is 11.0. The van der Waals surface area contributed by atoms with Crippen LogP contribution < -0.4 is 15.0 Å². The van der Waals surface area contributed by atoms with Crippen LogP contribution in [0.3, 0.4) is 0 Å². The van der Waals surface area contributed by atoms with Crippen LogP contribution in [0.5, 0.6) is 5.75 Å². The van der Waals surface area contributed by atoms with Gasteiger partial charge < -0.3 is 15.0 Å². The minimum absolute atomic E-state index is 0.0301. The number of likely N-dealkylation sites (N-methyl/N-ethyl adjacent to an activating group) is 1. The molecule has 122 valence electrons. The summed E-state index contributed by atoms with van der Waals surface area (Å²) in [5.74, 6) is 0.807. The van der Waals surface area contributed by atoms with Crippen molar-refractivity contribution in [2.75, 3.05) is 32.1 Å². The van der Waals surface area contributed by atoms with E-state index in [1.54, 1.807) is 7.11 Å². The molecule has 23 heavy (non-hydrogen) atoms. The Kier molecular flexibility index (Phi) is 6.27. The van der Waals surface area contributed by atoms with E-state index in [1.165, 1.54) is 0 Å². The zero-order valence-corrected chi connectivity index (χ0v) is 15.8. The highest BCUT2D eigenvalue weighted by molar-refractivity contribution is 14.1. The molecule has 0 radical (unpaired) electrons. The van der Waals surface area contributed by atoms with Gasteiger partial charge in [0.1, 0.15) is 5.75 Å². The number of rotatable bonds is 6. The standard InChI is InChI=1S/C18H21IN2O2/c1-13-4-9-16(17(19)12-13)18(22)20-10-11-21(2)14-5-7-15(23-3)8-6-14/h4-9,12H,10-11H2,1-3H3,(H,20,22). The number of hydrogen-bond acceptors (Lipinski definition) is 3. The van der Waals surface area contributed by atoms with Crippen molar-refractivity contribution in [3.63, 3.8) is 0 Å². The predicted octanol–water partition coefficient (Wildman–Crippen LogP) is 3.47. The molecule has 4 nitrogen and oxygen atoms in total. The molecule has 1 N–H and O–H groups in total. The van der Waals surface area contributed by atoms with Crippen LogP contribution in [0.1, 0.15) is 15.9 Å². The van der Waals surface area contributed by atoms with E-state index in [2.05, 4.69) is 32.8 Å².